The third-order valence-electron chi connectivity index (χ3n) is 5.82. The Kier molecular flexibility index (Phi) is 11.0. The molecule has 2 aromatic carbocycles. The summed E-state index contributed by atoms with van der Waals surface area (Å²) < 4.78 is 42.7. The van der Waals surface area contributed by atoms with E-state index in [9.17, 15) is 13.5 Å². The molecule has 0 saturated heterocycles. The van der Waals surface area contributed by atoms with Crippen LogP contribution in [0.4, 0.5) is 5.82 Å². The van der Waals surface area contributed by atoms with Crippen molar-refractivity contribution in [2.24, 2.45) is 0 Å². The fraction of sp³-hybridized carbons (Fsp3) is 0.259. The summed E-state index contributed by atoms with van der Waals surface area (Å²) >= 11 is 3.27. The van der Waals surface area contributed by atoms with Gasteiger partial charge in [-0.15, -0.1) is 0 Å². The fourth-order valence-electron chi connectivity index (χ4n) is 3.49. The molecule has 0 aliphatic carbocycles. The largest absolute Gasteiger partial charge is 1.00 e. The van der Waals surface area contributed by atoms with Crippen LogP contribution in [0.25, 0.3) is 15.8 Å². The van der Waals surface area contributed by atoms with Gasteiger partial charge >= 0.3 is 35.6 Å². The summed E-state index contributed by atoms with van der Waals surface area (Å²) in [5.41, 5.74) is 2.29. The maximum absolute atomic E-state index is 13.3. The zero-order valence-electron chi connectivity index (χ0n) is 22.6. The minimum absolute atomic E-state index is 0. The van der Waals surface area contributed by atoms with Gasteiger partial charge in [-0.2, -0.15) is 0 Å². The summed E-state index contributed by atoms with van der Waals surface area (Å²) in [7, 11) is -4.13. The Morgan fingerprint density at radius 2 is 1.55 bits per heavy atom. The molecule has 0 amide bonds. The van der Waals surface area contributed by atoms with E-state index in [0.29, 0.717) is 11.1 Å². The van der Waals surface area contributed by atoms with E-state index in [0.717, 1.165) is 15.6 Å². The maximum atomic E-state index is 13.3. The third kappa shape index (κ3) is 7.99. The van der Waals surface area contributed by atoms with E-state index in [2.05, 4.69) is 40.6 Å². The Hall–Kier alpha value is -2.61. The van der Waals surface area contributed by atoms with E-state index < -0.39 is 15.4 Å². The van der Waals surface area contributed by atoms with Crippen molar-refractivity contribution in [2.45, 2.75) is 31.1 Å². The van der Waals surface area contributed by atoms with Gasteiger partial charge in [-0.05, 0) is 51.9 Å². The van der Waals surface area contributed by atoms with Crippen molar-refractivity contribution in [3.63, 3.8) is 0 Å². The number of aryl methyl sites for hydroxylation is 1. The Labute approximate surface area is 264 Å². The first-order chi connectivity index (χ1) is 18.6. The standard InChI is InChI=1S/C27H27BrN5O5S.Na/c1-18-4-6-19(7-5-18)23-24(33-39(35,36)22-10-8-20(9-11-22)27(2,3)16-34)31-17-32-25(23)37-12-13-38-26-29-14-21(28)15-30-26;/h4-11,14-15,17,34H,12-13,16H2,1-3H3;/q-1;+1. The second-order valence-electron chi connectivity index (χ2n) is 9.26. The van der Waals surface area contributed by atoms with Crippen LogP contribution in [0.5, 0.6) is 11.9 Å². The zero-order valence-corrected chi connectivity index (χ0v) is 27.0. The van der Waals surface area contributed by atoms with Gasteiger partial charge in [0.05, 0.1) is 16.0 Å². The van der Waals surface area contributed by atoms with Crippen molar-refractivity contribution in [2.75, 3.05) is 19.8 Å². The van der Waals surface area contributed by atoms with Gasteiger partial charge in [-0.3, -0.25) is 0 Å². The van der Waals surface area contributed by atoms with Gasteiger partial charge < -0.3 is 24.3 Å². The minimum Gasteiger partial charge on any atom is -0.474 e. The molecule has 0 saturated carbocycles. The van der Waals surface area contributed by atoms with Crippen LogP contribution in [0.15, 0.2) is 76.6 Å². The first-order valence-corrected chi connectivity index (χ1v) is 14.2. The van der Waals surface area contributed by atoms with Crippen LogP contribution in [0.3, 0.4) is 0 Å². The number of hydrogen-bond acceptors (Lipinski definition) is 9. The molecule has 0 bridgehead atoms. The van der Waals surface area contributed by atoms with E-state index in [1.54, 1.807) is 24.5 Å². The Balaban J connectivity index is 0.00000441. The molecule has 204 valence electrons. The number of benzene rings is 2. The van der Waals surface area contributed by atoms with Crippen LogP contribution in [0.2, 0.25) is 0 Å². The summed E-state index contributed by atoms with van der Waals surface area (Å²) in [5.74, 6) is 0.101. The van der Waals surface area contributed by atoms with Crippen molar-refractivity contribution in [1.82, 2.24) is 19.9 Å². The first kappa shape index (κ1) is 31.9. The number of aliphatic hydroxyl groups is 1. The molecule has 0 spiro atoms. The molecule has 10 nitrogen and oxygen atoms in total. The van der Waals surface area contributed by atoms with Gasteiger partial charge in [-0.25, -0.2) is 23.4 Å². The molecule has 4 rings (SSSR count). The van der Waals surface area contributed by atoms with Gasteiger partial charge in [0.15, 0.2) is 0 Å². The Morgan fingerprint density at radius 3 is 2.17 bits per heavy atom. The monoisotopic (exact) mass is 635 g/mol. The Bertz CT molecular complexity index is 1520. The van der Waals surface area contributed by atoms with Crippen LogP contribution in [0, 0.1) is 6.92 Å². The van der Waals surface area contributed by atoms with Crippen LogP contribution < -0.4 is 39.0 Å². The average molecular weight is 637 g/mol. The Morgan fingerprint density at radius 1 is 0.925 bits per heavy atom. The van der Waals surface area contributed by atoms with Gasteiger partial charge in [0, 0.05) is 29.7 Å². The molecule has 13 heteroatoms. The molecule has 2 aromatic heterocycles. The van der Waals surface area contributed by atoms with Crippen molar-refractivity contribution in [3.05, 3.63) is 87.6 Å². The summed E-state index contributed by atoms with van der Waals surface area (Å²) in [4.78, 5) is 16.5. The van der Waals surface area contributed by atoms with Crippen LogP contribution >= 0.6 is 15.9 Å². The van der Waals surface area contributed by atoms with Crippen molar-refractivity contribution in [3.8, 4) is 23.0 Å². The smallest absolute Gasteiger partial charge is 0.474 e. The number of ether oxygens (including phenoxy) is 2. The van der Waals surface area contributed by atoms with Crippen LogP contribution in [-0.2, 0) is 15.4 Å². The molecular formula is C27H27BrN5NaO5S. The van der Waals surface area contributed by atoms with Crippen molar-refractivity contribution >= 4 is 31.8 Å². The number of sulfonamides is 1. The second kappa shape index (κ2) is 13.8. The number of aromatic nitrogens is 4. The number of aliphatic hydroxyl groups excluding tert-OH is 1. The number of nitrogens with zero attached hydrogens (tertiary/aromatic N) is 5. The van der Waals surface area contributed by atoms with E-state index in [1.807, 2.05) is 45.0 Å². The predicted octanol–water partition coefficient (Wildman–Crippen LogP) is 2.13. The van der Waals surface area contributed by atoms with Gasteiger partial charge in [-0.1, -0.05) is 55.8 Å². The molecule has 0 aliphatic heterocycles. The van der Waals surface area contributed by atoms with E-state index in [1.165, 1.54) is 18.5 Å². The number of rotatable bonds is 11. The molecule has 4 aromatic rings. The number of halogens is 1. The summed E-state index contributed by atoms with van der Waals surface area (Å²) in [5, 5.41) is 9.62. The zero-order chi connectivity index (χ0) is 28.0. The van der Waals surface area contributed by atoms with Gasteiger partial charge in [0.2, 0.25) is 15.9 Å². The summed E-state index contributed by atoms with van der Waals surface area (Å²) in [6.45, 7) is 5.82. The maximum Gasteiger partial charge on any atom is 1.00 e. The van der Waals surface area contributed by atoms with Crippen LogP contribution in [0.1, 0.15) is 25.0 Å². The van der Waals surface area contributed by atoms with Crippen molar-refractivity contribution < 1.29 is 52.6 Å². The SMILES string of the molecule is Cc1ccc(-c2c([N-]S(=O)(=O)c3ccc(C(C)(C)CO)cc3)ncnc2OCCOc2ncc(Br)cn2)cc1.[Na+]. The molecular weight excluding hydrogens is 609 g/mol. The quantitative estimate of drug-likeness (QED) is 0.194. The molecule has 1 N–H and O–H groups in total. The fourth-order valence-corrected chi connectivity index (χ4v) is 4.65. The molecule has 0 fully saturated rings. The van der Waals surface area contributed by atoms with Gasteiger partial charge in [0.25, 0.3) is 0 Å². The number of hydrogen-bond donors (Lipinski definition) is 1. The summed E-state index contributed by atoms with van der Waals surface area (Å²) in [6.07, 6.45) is 4.34. The first-order valence-electron chi connectivity index (χ1n) is 11.9. The van der Waals surface area contributed by atoms with E-state index >= 15 is 0 Å². The minimum atomic E-state index is -4.13. The molecule has 40 heavy (non-hydrogen) atoms. The molecule has 0 radical (unpaired) electrons. The molecule has 0 aliphatic rings. The summed E-state index contributed by atoms with van der Waals surface area (Å²) in [6, 6.07) is 13.9. The average Bonchev–Trinajstić information content (AvgIpc) is 2.93. The normalized spacial score (nSPS) is 11.4. The predicted molar refractivity (Wildman–Crippen MR) is 150 cm³/mol. The van der Waals surface area contributed by atoms with Crippen LogP contribution in [-0.4, -0.2) is 53.3 Å². The topological polar surface area (TPSA) is 138 Å². The molecule has 0 atom stereocenters. The second-order valence-corrected chi connectivity index (χ2v) is 11.8. The third-order valence-corrected chi connectivity index (χ3v) is 7.51. The van der Waals surface area contributed by atoms with Gasteiger partial charge in [0.1, 0.15) is 13.2 Å². The van der Waals surface area contributed by atoms with Crippen molar-refractivity contribution in [1.29, 1.82) is 0 Å². The van der Waals surface area contributed by atoms with E-state index in [-0.39, 0.29) is 72.0 Å². The molecule has 2 heterocycles. The molecule has 0 unspecified atom stereocenters. The van der Waals surface area contributed by atoms with E-state index in [4.69, 9.17) is 9.47 Å².